The second kappa shape index (κ2) is 9.01. The molecule has 2 rings (SSSR count). The average Bonchev–Trinajstić information content (AvgIpc) is 2.95. The Morgan fingerprint density at radius 2 is 2.08 bits per heavy atom. The van der Waals surface area contributed by atoms with Crippen LogP contribution in [0.25, 0.3) is 0 Å². The number of carbonyl (C=O) groups excluding carboxylic acids is 1. The molecular formula is C18H23FN2O3S. The number of hydrogen-bond donors (Lipinski definition) is 1. The van der Waals surface area contributed by atoms with Crippen molar-refractivity contribution >= 4 is 17.7 Å². The second-order valence-electron chi connectivity index (χ2n) is 5.91. The molecule has 1 N–H and O–H groups in total. The zero-order chi connectivity index (χ0) is 18.4. The molecule has 2 aromatic rings. The number of hydrogen-bond acceptors (Lipinski definition) is 5. The summed E-state index contributed by atoms with van der Waals surface area (Å²) in [6.45, 7) is 7.89. The fourth-order valence-electron chi connectivity index (χ4n) is 2.18. The highest BCUT2D eigenvalue weighted by Gasteiger charge is 2.18. The van der Waals surface area contributed by atoms with Gasteiger partial charge in [-0.15, -0.1) is 0 Å². The van der Waals surface area contributed by atoms with Crippen molar-refractivity contribution < 1.29 is 18.7 Å². The summed E-state index contributed by atoms with van der Waals surface area (Å²) in [5, 5.41) is 0.811. The lowest BCUT2D eigenvalue weighted by Crippen LogP contribution is -2.10. The summed E-state index contributed by atoms with van der Waals surface area (Å²) >= 11 is 1.42. The number of rotatable bonds is 8. The Kier molecular flexibility index (Phi) is 7.01. The van der Waals surface area contributed by atoms with Gasteiger partial charge in [0.15, 0.2) is 0 Å². The van der Waals surface area contributed by atoms with Crippen LogP contribution in [-0.4, -0.2) is 29.2 Å². The molecule has 1 aromatic heterocycles. The van der Waals surface area contributed by atoms with Crippen LogP contribution in [0.2, 0.25) is 0 Å². The highest BCUT2D eigenvalue weighted by molar-refractivity contribution is 7.99. The summed E-state index contributed by atoms with van der Waals surface area (Å²) in [6, 6.07) is 6.44. The lowest BCUT2D eigenvalue weighted by Gasteiger charge is -2.10. The number of esters is 1. The van der Waals surface area contributed by atoms with Gasteiger partial charge in [-0.2, -0.15) is 0 Å². The van der Waals surface area contributed by atoms with E-state index < -0.39 is 0 Å². The highest BCUT2D eigenvalue weighted by atomic mass is 32.2. The van der Waals surface area contributed by atoms with E-state index in [0.717, 1.165) is 15.6 Å². The number of aromatic amines is 1. The van der Waals surface area contributed by atoms with Gasteiger partial charge < -0.3 is 14.5 Å². The predicted molar refractivity (Wildman–Crippen MR) is 94.2 cm³/mol. The van der Waals surface area contributed by atoms with Crippen molar-refractivity contribution in [3.8, 4) is 0 Å². The number of imidazole rings is 1. The molecule has 1 aromatic carbocycles. The summed E-state index contributed by atoms with van der Waals surface area (Å²) < 4.78 is 23.9. The number of carbonyl (C=O) groups is 1. The van der Waals surface area contributed by atoms with Crippen molar-refractivity contribution in [3.05, 3.63) is 41.6 Å². The monoisotopic (exact) mass is 366 g/mol. The molecule has 0 amide bonds. The molecule has 0 fully saturated rings. The zero-order valence-electron chi connectivity index (χ0n) is 14.8. The maximum Gasteiger partial charge on any atom is 0.302 e. The van der Waals surface area contributed by atoms with Crippen molar-refractivity contribution in [2.45, 2.75) is 49.6 Å². The molecule has 1 unspecified atom stereocenters. The molecule has 0 radical (unpaired) electrons. The second-order valence-corrected chi connectivity index (χ2v) is 6.97. The molecule has 0 spiro atoms. The molecule has 0 saturated carbocycles. The van der Waals surface area contributed by atoms with Crippen LogP contribution >= 0.6 is 11.8 Å². The van der Waals surface area contributed by atoms with Crippen LogP contribution < -0.4 is 0 Å². The van der Waals surface area contributed by atoms with Gasteiger partial charge in [-0.1, -0.05) is 31.7 Å². The van der Waals surface area contributed by atoms with E-state index >= 15 is 0 Å². The van der Waals surface area contributed by atoms with E-state index in [1.807, 2.05) is 13.0 Å². The Hall–Kier alpha value is -1.86. The minimum absolute atomic E-state index is 0.211. The molecule has 7 heteroatoms. The van der Waals surface area contributed by atoms with Crippen LogP contribution in [0.15, 0.2) is 34.2 Å². The van der Waals surface area contributed by atoms with Gasteiger partial charge in [0, 0.05) is 11.8 Å². The summed E-state index contributed by atoms with van der Waals surface area (Å²) in [7, 11) is 0. The Bertz CT molecular complexity index is 718. The third-order valence-corrected chi connectivity index (χ3v) is 4.44. The minimum atomic E-state index is -0.329. The largest absolute Gasteiger partial charge is 0.463 e. The third-order valence-electron chi connectivity index (χ3n) is 3.44. The first kappa shape index (κ1) is 19.5. The zero-order valence-corrected chi connectivity index (χ0v) is 15.7. The summed E-state index contributed by atoms with van der Waals surface area (Å²) in [5.74, 6) is 0.343. The Labute approximate surface area is 151 Å². The van der Waals surface area contributed by atoms with E-state index in [9.17, 15) is 9.18 Å². The van der Waals surface area contributed by atoms with Crippen molar-refractivity contribution in [1.82, 2.24) is 9.97 Å². The van der Waals surface area contributed by atoms with Gasteiger partial charge >= 0.3 is 5.97 Å². The number of ether oxygens (including phenoxy) is 2. The van der Waals surface area contributed by atoms with Gasteiger partial charge in [0.1, 0.15) is 29.4 Å². The fourth-order valence-corrected chi connectivity index (χ4v) is 3.26. The van der Waals surface area contributed by atoms with Gasteiger partial charge in [0.05, 0.1) is 12.3 Å². The highest BCUT2D eigenvalue weighted by Crippen LogP contribution is 2.34. The molecule has 0 saturated heterocycles. The van der Waals surface area contributed by atoms with Gasteiger partial charge in [0.25, 0.3) is 0 Å². The van der Waals surface area contributed by atoms with E-state index in [0.29, 0.717) is 12.4 Å². The molecule has 0 aliphatic rings. The standard InChI is InChI=1S/C18H23FN2O3S/c1-11(2)16-18(25-15-7-5-6-14(19)10-15)21-17(20-16)12(3)23-8-9-24-13(4)22/h5-7,10-12H,8-9H2,1-4H3,(H,20,21). The first-order valence-corrected chi connectivity index (χ1v) is 8.96. The van der Waals surface area contributed by atoms with Crippen LogP contribution in [-0.2, 0) is 14.3 Å². The molecule has 0 bridgehead atoms. The first-order chi connectivity index (χ1) is 11.9. The normalized spacial score (nSPS) is 12.4. The van der Waals surface area contributed by atoms with E-state index in [2.05, 4.69) is 23.8 Å². The van der Waals surface area contributed by atoms with Crippen molar-refractivity contribution in [2.75, 3.05) is 13.2 Å². The lowest BCUT2D eigenvalue weighted by molar-refractivity contribution is -0.143. The quantitative estimate of drug-likeness (QED) is 0.552. The summed E-state index contributed by atoms with van der Waals surface area (Å²) in [5.41, 5.74) is 0.986. The molecule has 1 heterocycles. The van der Waals surface area contributed by atoms with Gasteiger partial charge in [-0.05, 0) is 31.0 Å². The predicted octanol–water partition coefficient (Wildman–Crippen LogP) is 4.46. The smallest absolute Gasteiger partial charge is 0.302 e. The minimum Gasteiger partial charge on any atom is -0.463 e. The molecule has 5 nitrogen and oxygen atoms in total. The fraction of sp³-hybridized carbons (Fsp3) is 0.444. The van der Waals surface area contributed by atoms with Crippen molar-refractivity contribution in [3.63, 3.8) is 0 Å². The van der Waals surface area contributed by atoms with Gasteiger partial charge in [-0.3, -0.25) is 4.79 Å². The average molecular weight is 366 g/mol. The van der Waals surface area contributed by atoms with Crippen LogP contribution in [0.1, 0.15) is 51.2 Å². The topological polar surface area (TPSA) is 64.2 Å². The van der Waals surface area contributed by atoms with Crippen molar-refractivity contribution in [2.24, 2.45) is 0 Å². The van der Waals surface area contributed by atoms with Gasteiger partial charge in [0.2, 0.25) is 0 Å². The molecule has 1 atom stereocenters. The van der Waals surface area contributed by atoms with E-state index in [1.54, 1.807) is 6.07 Å². The number of aromatic nitrogens is 2. The van der Waals surface area contributed by atoms with E-state index in [1.165, 1.54) is 30.8 Å². The molecular weight excluding hydrogens is 343 g/mol. The third kappa shape index (κ3) is 5.86. The van der Waals surface area contributed by atoms with Crippen LogP contribution in [0.4, 0.5) is 4.39 Å². The lowest BCUT2D eigenvalue weighted by atomic mass is 10.2. The Morgan fingerprint density at radius 3 is 2.72 bits per heavy atom. The number of nitrogens with one attached hydrogen (secondary N) is 1. The molecule has 0 aliphatic carbocycles. The number of nitrogens with zero attached hydrogens (tertiary/aromatic N) is 1. The van der Waals surface area contributed by atoms with E-state index in [4.69, 9.17) is 9.47 Å². The summed E-state index contributed by atoms with van der Waals surface area (Å²) in [4.78, 5) is 19.5. The Morgan fingerprint density at radius 1 is 1.32 bits per heavy atom. The number of halogens is 1. The van der Waals surface area contributed by atoms with Crippen LogP contribution in [0.3, 0.4) is 0 Å². The number of benzene rings is 1. The maximum atomic E-state index is 13.4. The molecule has 25 heavy (non-hydrogen) atoms. The Balaban J connectivity index is 2.08. The first-order valence-electron chi connectivity index (χ1n) is 8.15. The van der Waals surface area contributed by atoms with Crippen LogP contribution in [0, 0.1) is 5.82 Å². The molecule has 0 aliphatic heterocycles. The summed E-state index contributed by atoms with van der Waals surface area (Å²) in [6.07, 6.45) is -0.269. The maximum absolute atomic E-state index is 13.4. The number of H-pyrrole nitrogens is 1. The SMILES string of the molecule is CC(=O)OCCOC(C)c1nc(Sc2cccc(F)c2)c(C(C)C)[nH]1. The van der Waals surface area contributed by atoms with Crippen molar-refractivity contribution in [1.29, 1.82) is 0 Å². The van der Waals surface area contributed by atoms with E-state index in [-0.39, 0.29) is 30.4 Å². The van der Waals surface area contributed by atoms with Gasteiger partial charge in [-0.25, -0.2) is 9.37 Å². The van der Waals surface area contributed by atoms with Crippen LogP contribution in [0.5, 0.6) is 0 Å². The molecule has 136 valence electrons.